The Morgan fingerprint density at radius 2 is 1.66 bits per heavy atom. The maximum absolute atomic E-state index is 12.7. The molecule has 174 valence electrons. The van der Waals surface area contributed by atoms with Gasteiger partial charge in [-0.05, 0) is 63.4 Å². The van der Waals surface area contributed by atoms with Crippen molar-refractivity contribution < 1.29 is 18.0 Å². The van der Waals surface area contributed by atoms with Gasteiger partial charge in [-0.1, -0.05) is 24.3 Å². The van der Waals surface area contributed by atoms with E-state index in [4.69, 9.17) is 0 Å². The van der Waals surface area contributed by atoms with Crippen molar-refractivity contribution in [1.29, 1.82) is 0 Å². The van der Waals surface area contributed by atoms with Crippen LogP contribution in [-0.4, -0.2) is 51.0 Å². The van der Waals surface area contributed by atoms with E-state index >= 15 is 0 Å². The smallest absolute Gasteiger partial charge is 0.255 e. The minimum absolute atomic E-state index is 0.130. The lowest BCUT2D eigenvalue weighted by molar-refractivity contribution is -0.116. The third-order valence-electron chi connectivity index (χ3n) is 5.28. The lowest BCUT2D eigenvalue weighted by atomic mass is 10.1. The van der Waals surface area contributed by atoms with Gasteiger partial charge < -0.3 is 10.2 Å². The second kappa shape index (κ2) is 11.1. The summed E-state index contributed by atoms with van der Waals surface area (Å²) >= 11 is 0. The predicted octanol–water partition coefficient (Wildman–Crippen LogP) is 3.97. The van der Waals surface area contributed by atoms with Crippen LogP contribution >= 0.6 is 0 Å². The molecule has 8 heteroatoms. The van der Waals surface area contributed by atoms with Crippen molar-refractivity contribution in [2.45, 2.75) is 40.5 Å². The van der Waals surface area contributed by atoms with Crippen LogP contribution in [0.3, 0.4) is 0 Å². The van der Waals surface area contributed by atoms with Gasteiger partial charge in [0, 0.05) is 26.1 Å². The van der Waals surface area contributed by atoms with Crippen LogP contribution in [0.2, 0.25) is 0 Å². The highest BCUT2D eigenvalue weighted by atomic mass is 32.2. The topological polar surface area (TPSA) is 86.8 Å². The fourth-order valence-corrected chi connectivity index (χ4v) is 4.52. The molecule has 0 radical (unpaired) electrons. The molecule has 0 aliphatic rings. The molecule has 0 spiro atoms. The summed E-state index contributed by atoms with van der Waals surface area (Å²) in [5.41, 5.74) is 3.35. The maximum atomic E-state index is 12.7. The molecule has 0 saturated carbocycles. The number of amides is 2. The first kappa shape index (κ1) is 25.4. The number of aryl methyl sites for hydroxylation is 2. The van der Waals surface area contributed by atoms with Gasteiger partial charge in [-0.2, -0.15) is 0 Å². The number of anilines is 2. The molecule has 0 saturated heterocycles. The lowest BCUT2D eigenvalue weighted by Gasteiger charge is -2.24. The third-order valence-corrected chi connectivity index (χ3v) is 6.46. The van der Waals surface area contributed by atoms with Crippen molar-refractivity contribution >= 4 is 33.2 Å². The summed E-state index contributed by atoms with van der Waals surface area (Å²) in [6.45, 7) is 8.95. The number of benzene rings is 2. The lowest BCUT2D eigenvalue weighted by Crippen LogP contribution is -2.32. The Morgan fingerprint density at radius 3 is 2.28 bits per heavy atom. The first-order valence-electron chi connectivity index (χ1n) is 10.8. The Labute approximate surface area is 191 Å². The molecule has 0 aliphatic carbocycles. The number of carbonyl (C=O) groups is 2. The predicted molar refractivity (Wildman–Crippen MR) is 130 cm³/mol. The molecule has 0 aromatic heterocycles. The summed E-state index contributed by atoms with van der Waals surface area (Å²) in [6.07, 6.45) is 1.65. The van der Waals surface area contributed by atoms with Gasteiger partial charge in [-0.25, -0.2) is 8.42 Å². The van der Waals surface area contributed by atoms with Crippen LogP contribution in [0.15, 0.2) is 42.5 Å². The van der Waals surface area contributed by atoms with E-state index < -0.39 is 10.0 Å². The van der Waals surface area contributed by atoms with Gasteiger partial charge in [0.1, 0.15) is 0 Å². The van der Waals surface area contributed by atoms with Crippen molar-refractivity contribution in [3.05, 3.63) is 59.2 Å². The van der Waals surface area contributed by atoms with Crippen LogP contribution in [-0.2, 0) is 14.8 Å². The zero-order chi connectivity index (χ0) is 23.9. The van der Waals surface area contributed by atoms with E-state index in [1.165, 1.54) is 10.6 Å². The molecule has 2 aromatic carbocycles. The van der Waals surface area contributed by atoms with Crippen LogP contribution in [0, 0.1) is 13.8 Å². The monoisotopic (exact) mass is 459 g/mol. The molecule has 2 aromatic rings. The van der Waals surface area contributed by atoms with Crippen molar-refractivity contribution in [2.75, 3.05) is 35.5 Å². The number of nitrogens with one attached hydrogen (secondary N) is 1. The average molecular weight is 460 g/mol. The van der Waals surface area contributed by atoms with Gasteiger partial charge in [0.25, 0.3) is 5.91 Å². The Bertz CT molecular complexity index is 1060. The van der Waals surface area contributed by atoms with Crippen LogP contribution in [0.25, 0.3) is 0 Å². The highest BCUT2D eigenvalue weighted by molar-refractivity contribution is 7.92. The van der Waals surface area contributed by atoms with Crippen molar-refractivity contribution in [3.63, 3.8) is 0 Å². The molecule has 0 fully saturated rings. The normalized spacial score (nSPS) is 11.2. The van der Waals surface area contributed by atoms with Crippen molar-refractivity contribution in [2.24, 2.45) is 0 Å². The SMILES string of the molecule is CCN(CC)C(=O)c1ccccc1NC(=O)CCCN(c1cc(C)ccc1C)S(C)(=O)=O. The summed E-state index contributed by atoms with van der Waals surface area (Å²) in [6, 6.07) is 12.6. The molecule has 1 N–H and O–H groups in total. The summed E-state index contributed by atoms with van der Waals surface area (Å²) in [5.74, 6) is -0.400. The van der Waals surface area contributed by atoms with E-state index in [2.05, 4.69) is 5.32 Å². The molecule has 7 nitrogen and oxygen atoms in total. The average Bonchev–Trinajstić information content (AvgIpc) is 2.73. The second-order valence-corrected chi connectivity index (χ2v) is 9.71. The van der Waals surface area contributed by atoms with Crippen LogP contribution in [0.4, 0.5) is 11.4 Å². The largest absolute Gasteiger partial charge is 0.339 e. The molecule has 2 rings (SSSR count). The van der Waals surface area contributed by atoms with E-state index in [1.807, 2.05) is 45.9 Å². The zero-order valence-corrected chi connectivity index (χ0v) is 20.3. The maximum Gasteiger partial charge on any atom is 0.255 e. The van der Waals surface area contributed by atoms with E-state index in [1.54, 1.807) is 29.2 Å². The molecular weight excluding hydrogens is 426 g/mol. The number of sulfonamides is 1. The summed E-state index contributed by atoms with van der Waals surface area (Å²) in [7, 11) is -3.50. The van der Waals surface area contributed by atoms with Gasteiger partial charge in [0.2, 0.25) is 15.9 Å². The highest BCUT2D eigenvalue weighted by Crippen LogP contribution is 2.24. The van der Waals surface area contributed by atoms with Crippen LogP contribution < -0.4 is 9.62 Å². The molecule has 2 amide bonds. The van der Waals surface area contributed by atoms with Gasteiger partial charge in [-0.15, -0.1) is 0 Å². The van der Waals surface area contributed by atoms with Crippen LogP contribution in [0.5, 0.6) is 0 Å². The van der Waals surface area contributed by atoms with Gasteiger partial charge in [0.05, 0.1) is 23.2 Å². The summed E-state index contributed by atoms with van der Waals surface area (Å²) < 4.78 is 26.1. The summed E-state index contributed by atoms with van der Waals surface area (Å²) in [4.78, 5) is 27.0. The molecule has 0 aliphatic heterocycles. The number of nitrogens with zero attached hydrogens (tertiary/aromatic N) is 2. The molecule has 0 bridgehead atoms. The minimum atomic E-state index is -3.50. The van der Waals surface area contributed by atoms with E-state index in [9.17, 15) is 18.0 Å². The third kappa shape index (κ3) is 6.56. The minimum Gasteiger partial charge on any atom is -0.339 e. The van der Waals surface area contributed by atoms with Crippen molar-refractivity contribution in [1.82, 2.24) is 4.90 Å². The number of carbonyl (C=O) groups excluding carboxylic acids is 2. The second-order valence-electron chi connectivity index (χ2n) is 7.80. The van der Waals surface area contributed by atoms with Crippen LogP contribution in [0.1, 0.15) is 48.2 Å². The number of hydrogen-bond donors (Lipinski definition) is 1. The number of para-hydroxylation sites is 1. The van der Waals surface area contributed by atoms with E-state index in [0.29, 0.717) is 36.4 Å². The molecule has 0 atom stereocenters. The molecule has 0 unspecified atom stereocenters. The Kier molecular flexibility index (Phi) is 8.83. The number of rotatable bonds is 10. The zero-order valence-electron chi connectivity index (χ0n) is 19.5. The Morgan fingerprint density at radius 1 is 1.00 bits per heavy atom. The Balaban J connectivity index is 2.08. The van der Waals surface area contributed by atoms with E-state index in [0.717, 1.165) is 11.1 Å². The molecule has 32 heavy (non-hydrogen) atoms. The fraction of sp³-hybridized carbons (Fsp3) is 0.417. The molecule has 0 heterocycles. The number of hydrogen-bond acceptors (Lipinski definition) is 4. The first-order chi connectivity index (χ1) is 15.1. The standard InChI is InChI=1S/C24H33N3O4S/c1-6-26(7-2)24(29)20-11-8-9-12-21(20)25-23(28)13-10-16-27(32(5,30)31)22-17-18(3)14-15-19(22)4/h8-9,11-12,14-15,17H,6-7,10,13,16H2,1-5H3,(H,25,28). The van der Waals surface area contributed by atoms with Gasteiger partial charge >= 0.3 is 0 Å². The quantitative estimate of drug-likeness (QED) is 0.582. The van der Waals surface area contributed by atoms with E-state index in [-0.39, 0.29) is 24.8 Å². The highest BCUT2D eigenvalue weighted by Gasteiger charge is 2.20. The Hall–Kier alpha value is -2.87. The summed E-state index contributed by atoms with van der Waals surface area (Å²) in [5, 5.41) is 2.81. The first-order valence-corrected chi connectivity index (χ1v) is 12.7. The van der Waals surface area contributed by atoms with Gasteiger partial charge in [-0.3, -0.25) is 13.9 Å². The fourth-order valence-electron chi connectivity index (χ4n) is 3.51. The molecular formula is C24H33N3O4S. The van der Waals surface area contributed by atoms with Gasteiger partial charge in [0.15, 0.2) is 0 Å². The van der Waals surface area contributed by atoms with Crippen molar-refractivity contribution in [3.8, 4) is 0 Å².